The maximum atomic E-state index is 12.1. The molecule has 0 bridgehead atoms. The first-order valence-electron chi connectivity index (χ1n) is 3.51. The minimum atomic E-state index is -2.71. The zero-order valence-corrected chi connectivity index (χ0v) is 7.05. The molecule has 1 heterocycles. The van der Waals surface area contributed by atoms with Gasteiger partial charge in [0.15, 0.2) is 5.58 Å². The van der Waals surface area contributed by atoms with Crippen molar-refractivity contribution in [3.8, 4) is 0 Å². The number of halogens is 3. The summed E-state index contributed by atoms with van der Waals surface area (Å²) in [5.41, 5.74) is 0.558. The molecule has 68 valence electrons. The third-order valence-electron chi connectivity index (χ3n) is 1.57. The number of alkyl halides is 2. The molecular weight excluding hydrogens is 200 g/mol. The quantitative estimate of drug-likeness (QED) is 0.710. The van der Waals surface area contributed by atoms with Crippen LogP contribution in [0.4, 0.5) is 8.78 Å². The predicted molar refractivity (Wildman–Crippen MR) is 44.0 cm³/mol. The highest BCUT2D eigenvalue weighted by Gasteiger charge is 2.16. The molecule has 0 aliphatic rings. The zero-order valence-electron chi connectivity index (χ0n) is 6.30. The highest BCUT2D eigenvalue weighted by molar-refractivity contribution is 6.34. The number of para-hydroxylation sites is 1. The molecule has 2 nitrogen and oxygen atoms in total. The third kappa shape index (κ3) is 1.37. The summed E-state index contributed by atoms with van der Waals surface area (Å²) in [5.74, 6) is -0.594. The second-order valence-corrected chi connectivity index (χ2v) is 2.85. The first-order chi connectivity index (χ1) is 6.18. The first-order valence-corrected chi connectivity index (χ1v) is 3.89. The van der Waals surface area contributed by atoms with Gasteiger partial charge in [-0.2, -0.15) is 8.78 Å². The summed E-state index contributed by atoms with van der Waals surface area (Å²) in [5, 5.41) is 0.313. The summed E-state index contributed by atoms with van der Waals surface area (Å²) in [4.78, 5) is 3.56. The Labute approximate surface area is 77.1 Å². The lowest BCUT2D eigenvalue weighted by Gasteiger charge is -1.86. The number of rotatable bonds is 1. The topological polar surface area (TPSA) is 26.0 Å². The molecule has 1 aromatic carbocycles. The molecule has 0 aliphatic carbocycles. The third-order valence-corrected chi connectivity index (χ3v) is 1.88. The summed E-state index contributed by atoms with van der Waals surface area (Å²) in [6, 6.07) is 4.73. The lowest BCUT2D eigenvalue weighted by atomic mass is 10.3. The van der Waals surface area contributed by atoms with Crippen molar-refractivity contribution in [3.05, 3.63) is 29.1 Å². The van der Waals surface area contributed by atoms with E-state index in [2.05, 4.69) is 4.98 Å². The molecule has 0 aliphatic heterocycles. The smallest absolute Gasteiger partial charge is 0.313 e. The molecular formula is C8H4ClF2NO. The minimum Gasteiger partial charge on any atom is -0.435 e. The van der Waals surface area contributed by atoms with Gasteiger partial charge in [0, 0.05) is 0 Å². The van der Waals surface area contributed by atoms with Crippen molar-refractivity contribution >= 4 is 22.7 Å². The lowest BCUT2D eigenvalue weighted by Crippen LogP contribution is -1.81. The Morgan fingerprint density at radius 1 is 1.38 bits per heavy atom. The Balaban J connectivity index is 2.68. The van der Waals surface area contributed by atoms with Crippen molar-refractivity contribution in [3.63, 3.8) is 0 Å². The van der Waals surface area contributed by atoms with Crippen molar-refractivity contribution in [2.75, 3.05) is 0 Å². The van der Waals surface area contributed by atoms with Gasteiger partial charge in [0.1, 0.15) is 5.52 Å². The van der Waals surface area contributed by atoms with Gasteiger partial charge in [-0.15, -0.1) is 0 Å². The van der Waals surface area contributed by atoms with Crippen LogP contribution in [0.2, 0.25) is 5.02 Å². The molecule has 0 saturated heterocycles. The maximum Gasteiger partial charge on any atom is 0.313 e. The normalized spacial score (nSPS) is 11.4. The number of hydrogen-bond donors (Lipinski definition) is 0. The highest BCUT2D eigenvalue weighted by atomic mass is 35.5. The molecule has 5 heteroatoms. The van der Waals surface area contributed by atoms with Crippen LogP contribution in [-0.2, 0) is 0 Å². The summed E-state index contributed by atoms with van der Waals surface area (Å²) in [6.07, 6.45) is -2.71. The van der Waals surface area contributed by atoms with E-state index < -0.39 is 12.3 Å². The van der Waals surface area contributed by atoms with E-state index in [-0.39, 0.29) is 11.1 Å². The number of fused-ring (bicyclic) bond motifs is 1. The van der Waals surface area contributed by atoms with Crippen molar-refractivity contribution in [2.45, 2.75) is 6.43 Å². The fourth-order valence-electron chi connectivity index (χ4n) is 1.03. The van der Waals surface area contributed by atoms with Gasteiger partial charge in [0.25, 0.3) is 5.89 Å². The zero-order chi connectivity index (χ0) is 9.42. The molecule has 0 saturated carbocycles. The van der Waals surface area contributed by atoms with Crippen LogP contribution >= 0.6 is 11.6 Å². The molecule has 0 spiro atoms. The summed E-state index contributed by atoms with van der Waals surface area (Å²) >= 11 is 5.71. The van der Waals surface area contributed by atoms with Gasteiger partial charge in [0.05, 0.1) is 5.02 Å². The molecule has 1 aromatic heterocycles. The van der Waals surface area contributed by atoms with Crippen LogP contribution in [0.25, 0.3) is 11.1 Å². The molecule has 0 atom stereocenters. The van der Waals surface area contributed by atoms with E-state index in [4.69, 9.17) is 16.0 Å². The molecule has 0 radical (unpaired) electrons. The Morgan fingerprint density at radius 3 is 2.77 bits per heavy atom. The molecule has 13 heavy (non-hydrogen) atoms. The Hall–Kier alpha value is -1.16. The van der Waals surface area contributed by atoms with Crippen LogP contribution in [0.15, 0.2) is 22.6 Å². The molecule has 2 rings (SSSR count). The number of hydrogen-bond acceptors (Lipinski definition) is 2. The average Bonchev–Trinajstić information content (AvgIpc) is 2.49. The van der Waals surface area contributed by atoms with Crippen molar-refractivity contribution in [1.82, 2.24) is 4.98 Å². The van der Waals surface area contributed by atoms with Crippen molar-refractivity contribution in [2.24, 2.45) is 0 Å². The standard InChI is InChI=1S/C8H4ClF2NO/c9-4-2-1-3-5-6(4)12-8(13-5)7(10)11/h1-3,7H. The van der Waals surface area contributed by atoms with Crippen LogP contribution in [0.3, 0.4) is 0 Å². The fraction of sp³-hybridized carbons (Fsp3) is 0.125. The average molecular weight is 204 g/mol. The van der Waals surface area contributed by atoms with Gasteiger partial charge in [-0.3, -0.25) is 0 Å². The Bertz CT molecular complexity index is 441. The van der Waals surface area contributed by atoms with E-state index in [1.165, 1.54) is 0 Å². The van der Waals surface area contributed by atoms with E-state index in [0.717, 1.165) is 0 Å². The second kappa shape index (κ2) is 2.96. The fourth-order valence-corrected chi connectivity index (χ4v) is 1.23. The lowest BCUT2D eigenvalue weighted by molar-refractivity contribution is 0.117. The Kier molecular flexibility index (Phi) is 1.92. The van der Waals surface area contributed by atoms with Gasteiger partial charge >= 0.3 is 6.43 Å². The molecule has 0 N–H and O–H groups in total. The van der Waals surface area contributed by atoms with E-state index in [1.54, 1.807) is 18.2 Å². The van der Waals surface area contributed by atoms with E-state index in [9.17, 15) is 8.78 Å². The second-order valence-electron chi connectivity index (χ2n) is 2.44. The van der Waals surface area contributed by atoms with E-state index in [1.807, 2.05) is 0 Å². The van der Waals surface area contributed by atoms with Crippen LogP contribution in [0, 0.1) is 0 Å². The van der Waals surface area contributed by atoms with Crippen molar-refractivity contribution < 1.29 is 13.2 Å². The van der Waals surface area contributed by atoms with E-state index >= 15 is 0 Å². The summed E-state index contributed by atoms with van der Waals surface area (Å²) in [6.45, 7) is 0. The maximum absolute atomic E-state index is 12.1. The number of benzene rings is 1. The molecule has 0 unspecified atom stereocenters. The first kappa shape index (κ1) is 8.44. The van der Waals surface area contributed by atoms with Crippen LogP contribution in [0.1, 0.15) is 12.3 Å². The van der Waals surface area contributed by atoms with E-state index in [0.29, 0.717) is 5.02 Å². The number of nitrogens with zero attached hydrogens (tertiary/aromatic N) is 1. The summed E-state index contributed by atoms with van der Waals surface area (Å²) in [7, 11) is 0. The summed E-state index contributed by atoms with van der Waals surface area (Å²) < 4.78 is 29.0. The predicted octanol–water partition coefficient (Wildman–Crippen LogP) is 3.42. The number of aromatic nitrogens is 1. The van der Waals surface area contributed by atoms with Gasteiger partial charge in [-0.05, 0) is 12.1 Å². The monoisotopic (exact) mass is 203 g/mol. The molecule has 0 amide bonds. The van der Waals surface area contributed by atoms with Crippen LogP contribution in [-0.4, -0.2) is 4.98 Å². The van der Waals surface area contributed by atoms with Crippen molar-refractivity contribution in [1.29, 1.82) is 0 Å². The molecule has 0 fully saturated rings. The molecule has 2 aromatic rings. The number of oxazole rings is 1. The largest absolute Gasteiger partial charge is 0.435 e. The van der Waals surface area contributed by atoms with Gasteiger partial charge in [0.2, 0.25) is 0 Å². The van der Waals surface area contributed by atoms with Crippen LogP contribution < -0.4 is 0 Å². The van der Waals surface area contributed by atoms with Crippen LogP contribution in [0.5, 0.6) is 0 Å². The Morgan fingerprint density at radius 2 is 2.15 bits per heavy atom. The van der Waals surface area contributed by atoms with Gasteiger partial charge in [-0.1, -0.05) is 17.7 Å². The van der Waals surface area contributed by atoms with Gasteiger partial charge < -0.3 is 4.42 Å². The SMILES string of the molecule is FC(F)c1nc2c(Cl)cccc2o1. The minimum absolute atomic E-state index is 0.277. The van der Waals surface area contributed by atoms with Gasteiger partial charge in [-0.25, -0.2) is 4.98 Å². The highest BCUT2D eigenvalue weighted by Crippen LogP contribution is 2.27.